The molecule has 2 N–H and O–H groups in total. The van der Waals surface area contributed by atoms with Crippen LogP contribution in [0.5, 0.6) is 0 Å². The third-order valence-corrected chi connectivity index (χ3v) is 3.60. The topological polar surface area (TPSA) is 57.5 Å². The van der Waals surface area contributed by atoms with Crippen molar-refractivity contribution < 1.29 is 15.0 Å². The maximum Gasteiger partial charge on any atom is 0.142 e. The Morgan fingerprint density at radius 1 is 1.47 bits per heavy atom. The first-order valence-corrected chi connectivity index (χ1v) is 6.63. The van der Waals surface area contributed by atoms with Gasteiger partial charge in [0.2, 0.25) is 0 Å². The Hall–Kier alpha value is -0.670. The van der Waals surface area contributed by atoms with Gasteiger partial charge in [-0.1, -0.05) is 45.3 Å². The summed E-state index contributed by atoms with van der Waals surface area (Å²) < 4.78 is 0. The number of carbonyl (C=O) groups excluding carboxylic acids is 1. The van der Waals surface area contributed by atoms with Gasteiger partial charge >= 0.3 is 0 Å². The number of unbranched alkanes of at least 4 members (excludes halogenated alkanes) is 2. The van der Waals surface area contributed by atoms with Crippen LogP contribution in [0.3, 0.4) is 0 Å². The second-order valence-corrected chi connectivity index (χ2v) is 5.07. The molecule has 1 saturated carbocycles. The van der Waals surface area contributed by atoms with Crippen molar-refractivity contribution in [2.75, 3.05) is 0 Å². The molecule has 0 heterocycles. The van der Waals surface area contributed by atoms with E-state index in [2.05, 4.69) is 6.92 Å². The highest BCUT2D eigenvalue weighted by Gasteiger charge is 2.36. The van der Waals surface area contributed by atoms with Crippen LogP contribution in [0.25, 0.3) is 0 Å². The lowest BCUT2D eigenvalue weighted by Crippen LogP contribution is -2.15. The Kier molecular flexibility index (Phi) is 5.86. The molecule has 3 heteroatoms. The molecule has 98 valence electrons. The van der Waals surface area contributed by atoms with Gasteiger partial charge in [0, 0.05) is 12.3 Å². The van der Waals surface area contributed by atoms with Crippen LogP contribution < -0.4 is 0 Å². The second kappa shape index (κ2) is 6.92. The van der Waals surface area contributed by atoms with E-state index in [9.17, 15) is 15.0 Å². The van der Waals surface area contributed by atoms with E-state index in [1.165, 1.54) is 0 Å². The first-order valence-electron chi connectivity index (χ1n) is 6.63. The predicted octanol–water partition coefficient (Wildman–Crippen LogP) is 2.07. The van der Waals surface area contributed by atoms with Gasteiger partial charge in [0.05, 0.1) is 12.2 Å². The van der Waals surface area contributed by atoms with E-state index in [0.717, 1.165) is 25.7 Å². The van der Waals surface area contributed by atoms with Crippen LogP contribution in [0.15, 0.2) is 12.2 Å². The van der Waals surface area contributed by atoms with Crippen molar-refractivity contribution in [2.45, 2.75) is 58.2 Å². The molecule has 0 saturated heterocycles. The Labute approximate surface area is 104 Å². The van der Waals surface area contributed by atoms with Crippen LogP contribution in [0.2, 0.25) is 0 Å². The number of aliphatic hydroxyl groups is 2. The molecular formula is C14H24O3. The molecule has 17 heavy (non-hydrogen) atoms. The predicted molar refractivity (Wildman–Crippen MR) is 67.6 cm³/mol. The zero-order valence-corrected chi connectivity index (χ0v) is 10.8. The number of hydrogen-bond donors (Lipinski definition) is 2. The lowest BCUT2D eigenvalue weighted by Gasteiger charge is -2.12. The first kappa shape index (κ1) is 14.4. The summed E-state index contributed by atoms with van der Waals surface area (Å²) in [6, 6.07) is 0. The number of Topliss-reactive ketones (excluding diaryl/α,β-unsaturated/α-hetero) is 1. The van der Waals surface area contributed by atoms with Crippen molar-refractivity contribution in [3.05, 3.63) is 12.2 Å². The van der Waals surface area contributed by atoms with Crippen molar-refractivity contribution in [3.8, 4) is 0 Å². The van der Waals surface area contributed by atoms with Gasteiger partial charge in [0.15, 0.2) is 0 Å². The maximum absolute atomic E-state index is 11.6. The fourth-order valence-corrected chi connectivity index (χ4v) is 2.29. The number of ketones is 1. The molecule has 0 radical (unpaired) electrons. The summed E-state index contributed by atoms with van der Waals surface area (Å²) >= 11 is 0. The monoisotopic (exact) mass is 240 g/mol. The molecule has 0 aromatic rings. The van der Waals surface area contributed by atoms with Crippen molar-refractivity contribution in [2.24, 2.45) is 11.8 Å². The number of aliphatic hydroxyl groups excluding tert-OH is 2. The molecule has 3 nitrogen and oxygen atoms in total. The summed E-state index contributed by atoms with van der Waals surface area (Å²) in [6.07, 6.45) is 6.80. The maximum atomic E-state index is 11.6. The van der Waals surface area contributed by atoms with Crippen LogP contribution in [0.1, 0.15) is 46.0 Å². The third kappa shape index (κ3) is 4.25. The molecule has 0 aliphatic heterocycles. The second-order valence-electron chi connectivity index (χ2n) is 5.07. The highest BCUT2D eigenvalue weighted by molar-refractivity contribution is 5.85. The number of allylic oxidation sites excluding steroid dienone is 1. The van der Waals surface area contributed by atoms with Gasteiger partial charge in [-0.05, 0) is 12.3 Å². The molecule has 0 aromatic heterocycles. The van der Waals surface area contributed by atoms with E-state index in [4.69, 9.17) is 0 Å². The summed E-state index contributed by atoms with van der Waals surface area (Å²) in [4.78, 5) is 11.6. The molecule has 1 fully saturated rings. The quantitative estimate of drug-likeness (QED) is 0.552. The first-order chi connectivity index (χ1) is 8.06. The molecule has 0 unspecified atom stereocenters. The van der Waals surface area contributed by atoms with Gasteiger partial charge in [-0.3, -0.25) is 4.79 Å². The van der Waals surface area contributed by atoms with Gasteiger partial charge < -0.3 is 10.2 Å². The number of hydrogen-bond acceptors (Lipinski definition) is 3. The van der Waals surface area contributed by atoms with Crippen LogP contribution in [0, 0.1) is 11.8 Å². The molecule has 1 aliphatic rings. The summed E-state index contributed by atoms with van der Waals surface area (Å²) in [5.41, 5.74) is 0. The lowest BCUT2D eigenvalue weighted by atomic mass is 9.95. The van der Waals surface area contributed by atoms with E-state index >= 15 is 0 Å². The number of rotatable bonds is 6. The van der Waals surface area contributed by atoms with E-state index in [-0.39, 0.29) is 24.0 Å². The molecule has 1 rings (SSSR count). The molecule has 0 amide bonds. The van der Waals surface area contributed by atoms with E-state index in [1.54, 1.807) is 12.2 Å². The Bertz CT molecular complexity index is 273. The molecule has 1 aliphatic carbocycles. The van der Waals surface area contributed by atoms with Crippen molar-refractivity contribution >= 4 is 5.78 Å². The minimum absolute atomic E-state index is 0.0263. The molecule has 4 atom stereocenters. The minimum Gasteiger partial charge on any atom is -0.392 e. The number of carbonyl (C=O) groups is 1. The Morgan fingerprint density at radius 3 is 2.71 bits per heavy atom. The summed E-state index contributed by atoms with van der Waals surface area (Å²) in [5.74, 6) is -0.158. The van der Waals surface area contributed by atoms with Gasteiger partial charge in [-0.2, -0.15) is 0 Å². The minimum atomic E-state index is -0.519. The summed E-state index contributed by atoms with van der Waals surface area (Å²) in [6.45, 7) is 4.01. The standard InChI is InChI=1S/C14H24O3/c1-3-4-5-6-11(15)7-8-12-10(2)13(16)9-14(12)17/h7-8,10-13,15-16H,3-6,9H2,1-2H3/b8-7+/t10-,11-,12-,13+/m1/s1. The van der Waals surface area contributed by atoms with E-state index < -0.39 is 12.2 Å². The Balaban J connectivity index is 2.39. The van der Waals surface area contributed by atoms with Crippen LogP contribution in [-0.2, 0) is 4.79 Å². The van der Waals surface area contributed by atoms with E-state index in [0.29, 0.717) is 0 Å². The molecule has 0 spiro atoms. The van der Waals surface area contributed by atoms with Crippen molar-refractivity contribution in [3.63, 3.8) is 0 Å². The highest BCUT2D eigenvalue weighted by atomic mass is 16.3. The van der Waals surface area contributed by atoms with Gasteiger partial charge in [0.1, 0.15) is 5.78 Å². The smallest absolute Gasteiger partial charge is 0.142 e. The zero-order chi connectivity index (χ0) is 12.8. The summed E-state index contributed by atoms with van der Waals surface area (Å²) in [5, 5.41) is 19.3. The molecule has 0 bridgehead atoms. The average Bonchev–Trinajstić information content (AvgIpc) is 2.51. The third-order valence-electron chi connectivity index (χ3n) is 3.60. The van der Waals surface area contributed by atoms with Crippen molar-refractivity contribution in [1.82, 2.24) is 0 Å². The summed E-state index contributed by atoms with van der Waals surface area (Å²) in [7, 11) is 0. The highest BCUT2D eigenvalue weighted by Crippen LogP contribution is 2.29. The van der Waals surface area contributed by atoms with Gasteiger partial charge in [-0.15, -0.1) is 0 Å². The van der Waals surface area contributed by atoms with Crippen molar-refractivity contribution in [1.29, 1.82) is 0 Å². The van der Waals surface area contributed by atoms with E-state index in [1.807, 2.05) is 6.92 Å². The fraction of sp³-hybridized carbons (Fsp3) is 0.786. The zero-order valence-electron chi connectivity index (χ0n) is 10.8. The average molecular weight is 240 g/mol. The SMILES string of the molecule is CCCCC[C@@H](O)/C=C/[C@H]1C(=O)C[C@H](O)[C@@H]1C. The van der Waals surface area contributed by atoms with Gasteiger partial charge in [0.25, 0.3) is 0 Å². The lowest BCUT2D eigenvalue weighted by molar-refractivity contribution is -0.120. The molecule has 0 aromatic carbocycles. The normalized spacial score (nSPS) is 31.3. The van der Waals surface area contributed by atoms with Gasteiger partial charge in [-0.25, -0.2) is 0 Å². The van der Waals surface area contributed by atoms with Crippen LogP contribution >= 0.6 is 0 Å². The van der Waals surface area contributed by atoms with Crippen LogP contribution in [0.4, 0.5) is 0 Å². The Morgan fingerprint density at radius 2 is 2.18 bits per heavy atom. The molecular weight excluding hydrogens is 216 g/mol. The fourth-order valence-electron chi connectivity index (χ4n) is 2.29. The van der Waals surface area contributed by atoms with Crippen LogP contribution in [-0.4, -0.2) is 28.2 Å². The largest absolute Gasteiger partial charge is 0.392 e.